The van der Waals surface area contributed by atoms with Gasteiger partial charge in [-0.25, -0.2) is 4.98 Å². The van der Waals surface area contributed by atoms with Crippen LogP contribution in [0.25, 0.3) is 16.8 Å². The summed E-state index contributed by atoms with van der Waals surface area (Å²) >= 11 is 0. The predicted octanol–water partition coefficient (Wildman–Crippen LogP) is 6.27. The molecule has 6 heteroatoms. The Kier molecular flexibility index (Phi) is 6.52. The van der Waals surface area contributed by atoms with Crippen LogP contribution in [0.15, 0.2) is 60.3 Å². The van der Waals surface area contributed by atoms with Gasteiger partial charge in [-0.05, 0) is 81.9 Å². The Morgan fingerprint density at radius 3 is 2.17 bits per heavy atom. The lowest BCUT2D eigenvalue weighted by Crippen LogP contribution is -2.31. The quantitative estimate of drug-likeness (QED) is 0.270. The maximum atomic E-state index is 13.9. The molecule has 1 unspecified atom stereocenters. The SMILES string of the molecule is CC(=N)/C(=C(/C)N)c1ccc(NC(=O)C(c2nc(-c3ccccc3)c(C)[nH]2)C(C2CC2)C2CC2)cc1. The van der Waals surface area contributed by atoms with Crippen LogP contribution < -0.4 is 11.1 Å². The molecule has 1 atom stereocenters. The number of anilines is 1. The first-order valence-corrected chi connectivity index (χ1v) is 12.9. The minimum Gasteiger partial charge on any atom is -0.402 e. The maximum Gasteiger partial charge on any atom is 0.235 e. The summed E-state index contributed by atoms with van der Waals surface area (Å²) in [4.78, 5) is 22.4. The Bertz CT molecular complexity index is 1280. The second kappa shape index (κ2) is 9.76. The summed E-state index contributed by atoms with van der Waals surface area (Å²) in [6, 6.07) is 17.8. The third-order valence-electron chi connectivity index (χ3n) is 7.46. The molecule has 0 radical (unpaired) electrons. The number of rotatable bonds is 9. The van der Waals surface area contributed by atoms with Crippen LogP contribution in [0.3, 0.4) is 0 Å². The number of amides is 1. The van der Waals surface area contributed by atoms with Crippen molar-refractivity contribution in [3.05, 3.63) is 77.4 Å². The van der Waals surface area contributed by atoms with Crippen LogP contribution in [0.4, 0.5) is 5.69 Å². The highest BCUT2D eigenvalue weighted by molar-refractivity contribution is 6.21. The largest absolute Gasteiger partial charge is 0.402 e. The van der Waals surface area contributed by atoms with Gasteiger partial charge in [-0.15, -0.1) is 0 Å². The van der Waals surface area contributed by atoms with Gasteiger partial charge in [0, 0.05) is 33.9 Å². The van der Waals surface area contributed by atoms with Gasteiger partial charge >= 0.3 is 0 Å². The fourth-order valence-electron chi connectivity index (χ4n) is 5.56. The molecule has 5 rings (SSSR count). The van der Waals surface area contributed by atoms with Crippen molar-refractivity contribution in [1.29, 1.82) is 5.41 Å². The number of H-pyrrole nitrogens is 1. The highest BCUT2D eigenvalue weighted by Crippen LogP contribution is 2.55. The normalized spacial score (nSPS) is 17.0. The van der Waals surface area contributed by atoms with Crippen molar-refractivity contribution in [3.63, 3.8) is 0 Å². The van der Waals surface area contributed by atoms with E-state index in [2.05, 4.69) is 22.4 Å². The molecular weight excluding hydrogens is 446 g/mol. The summed E-state index contributed by atoms with van der Waals surface area (Å²) in [6.07, 6.45) is 4.78. The van der Waals surface area contributed by atoms with E-state index in [1.54, 1.807) is 13.8 Å². The van der Waals surface area contributed by atoms with Crippen LogP contribution in [0.5, 0.6) is 0 Å². The number of hydrogen-bond acceptors (Lipinski definition) is 4. The molecule has 0 bridgehead atoms. The Morgan fingerprint density at radius 2 is 1.64 bits per heavy atom. The highest BCUT2D eigenvalue weighted by Gasteiger charge is 2.49. The van der Waals surface area contributed by atoms with Gasteiger partial charge in [0.2, 0.25) is 5.91 Å². The molecule has 5 N–H and O–H groups in total. The van der Waals surface area contributed by atoms with Gasteiger partial charge in [-0.1, -0.05) is 42.5 Å². The summed E-state index contributed by atoms with van der Waals surface area (Å²) in [6.45, 7) is 5.57. The van der Waals surface area contributed by atoms with E-state index in [0.717, 1.165) is 39.6 Å². The molecular formula is C30H35N5O. The van der Waals surface area contributed by atoms with Crippen LogP contribution in [-0.4, -0.2) is 21.6 Å². The molecule has 186 valence electrons. The number of aromatic nitrogens is 2. The van der Waals surface area contributed by atoms with Crippen LogP contribution >= 0.6 is 0 Å². The minimum atomic E-state index is -0.314. The molecule has 3 aromatic rings. The van der Waals surface area contributed by atoms with Crippen LogP contribution in [0.2, 0.25) is 0 Å². The van der Waals surface area contributed by atoms with E-state index in [9.17, 15) is 4.79 Å². The van der Waals surface area contributed by atoms with Gasteiger partial charge in [-0.3, -0.25) is 4.79 Å². The standard InChI is InChI=1S/C30H35N5O/c1-17(31)25(18(2)32)20-13-15-24(16-14-20)34-30(36)27(26(21-9-10-21)22-11-12-22)29-33-19(3)28(35-29)23-7-5-4-6-8-23/h4-8,13-16,21-22,26-27,31H,9-12,32H2,1-3H3,(H,33,35)(H,34,36)/b25-18+,31-17?. The number of nitrogens with two attached hydrogens (primary N) is 1. The van der Waals surface area contributed by atoms with E-state index < -0.39 is 0 Å². The molecule has 36 heavy (non-hydrogen) atoms. The Hall–Kier alpha value is -3.67. The molecule has 6 nitrogen and oxygen atoms in total. The molecule has 0 saturated heterocycles. The van der Waals surface area contributed by atoms with E-state index >= 15 is 0 Å². The van der Waals surface area contributed by atoms with Crippen LogP contribution in [-0.2, 0) is 4.79 Å². The topological polar surface area (TPSA) is 108 Å². The van der Waals surface area contributed by atoms with Gasteiger partial charge in [0.1, 0.15) is 5.82 Å². The third kappa shape index (κ3) is 4.99. The zero-order valence-corrected chi connectivity index (χ0v) is 21.3. The maximum absolute atomic E-state index is 13.9. The number of nitrogens with zero attached hydrogens (tertiary/aromatic N) is 1. The van der Waals surface area contributed by atoms with E-state index in [4.69, 9.17) is 16.1 Å². The smallest absolute Gasteiger partial charge is 0.235 e. The van der Waals surface area contributed by atoms with Crippen molar-refractivity contribution < 1.29 is 4.79 Å². The molecule has 1 amide bonds. The zero-order chi connectivity index (χ0) is 25.4. The number of carbonyl (C=O) groups is 1. The van der Waals surface area contributed by atoms with Crippen molar-refractivity contribution in [3.8, 4) is 11.3 Å². The number of aromatic amines is 1. The Balaban J connectivity index is 1.45. The van der Waals surface area contributed by atoms with Gasteiger partial charge in [-0.2, -0.15) is 0 Å². The fourth-order valence-corrected chi connectivity index (χ4v) is 5.56. The average molecular weight is 482 g/mol. The number of carbonyl (C=O) groups excluding carboxylic acids is 1. The summed E-state index contributed by atoms with van der Waals surface area (Å²) in [5.41, 5.74) is 12.3. The van der Waals surface area contributed by atoms with E-state index in [1.165, 1.54) is 25.7 Å². The van der Waals surface area contributed by atoms with Crippen LogP contribution in [0.1, 0.15) is 62.5 Å². The number of aryl methyl sites for hydroxylation is 1. The van der Waals surface area contributed by atoms with Crippen molar-refractivity contribution in [2.75, 3.05) is 5.32 Å². The number of imidazole rings is 1. The van der Waals surface area contributed by atoms with E-state index in [-0.39, 0.29) is 11.8 Å². The average Bonchev–Trinajstić information content (AvgIpc) is 3.77. The molecule has 1 heterocycles. The summed E-state index contributed by atoms with van der Waals surface area (Å²) in [5, 5.41) is 11.2. The summed E-state index contributed by atoms with van der Waals surface area (Å²) in [5.74, 6) is 1.95. The van der Waals surface area contributed by atoms with E-state index in [0.29, 0.717) is 29.2 Å². The number of allylic oxidation sites excluding steroid dienone is 2. The minimum absolute atomic E-state index is 0.00563. The number of nitrogens with one attached hydrogen (secondary N) is 3. The molecule has 0 aliphatic heterocycles. The van der Waals surface area contributed by atoms with Gasteiger partial charge < -0.3 is 21.4 Å². The first-order valence-electron chi connectivity index (χ1n) is 12.9. The first kappa shape index (κ1) is 24.0. The monoisotopic (exact) mass is 481 g/mol. The van der Waals surface area contributed by atoms with Crippen molar-refractivity contribution in [1.82, 2.24) is 9.97 Å². The molecule has 2 saturated carbocycles. The lowest BCUT2D eigenvalue weighted by atomic mass is 9.82. The molecule has 1 aromatic heterocycles. The zero-order valence-electron chi connectivity index (χ0n) is 21.3. The molecule has 2 aliphatic rings. The fraction of sp³-hybridized carbons (Fsp3) is 0.367. The van der Waals surface area contributed by atoms with Gasteiger partial charge in [0.05, 0.1) is 11.6 Å². The van der Waals surface area contributed by atoms with Crippen molar-refractivity contribution in [2.24, 2.45) is 23.5 Å². The lowest BCUT2D eigenvalue weighted by molar-refractivity contribution is -0.119. The van der Waals surface area contributed by atoms with Crippen LogP contribution in [0, 0.1) is 30.1 Å². The Morgan fingerprint density at radius 1 is 1.03 bits per heavy atom. The number of benzene rings is 2. The molecule has 2 fully saturated rings. The lowest BCUT2D eigenvalue weighted by Gasteiger charge is -2.25. The first-order chi connectivity index (χ1) is 17.3. The molecule has 2 aliphatic carbocycles. The van der Waals surface area contributed by atoms with Crippen molar-refractivity contribution >= 4 is 22.9 Å². The number of hydrogen-bond donors (Lipinski definition) is 4. The predicted molar refractivity (Wildman–Crippen MR) is 146 cm³/mol. The Labute approximate surface area is 212 Å². The van der Waals surface area contributed by atoms with Crippen molar-refractivity contribution in [2.45, 2.75) is 52.4 Å². The second-order valence-electron chi connectivity index (χ2n) is 10.4. The molecule has 0 spiro atoms. The third-order valence-corrected chi connectivity index (χ3v) is 7.46. The van der Waals surface area contributed by atoms with Gasteiger partial charge in [0.15, 0.2) is 0 Å². The second-order valence-corrected chi connectivity index (χ2v) is 10.4. The summed E-state index contributed by atoms with van der Waals surface area (Å²) < 4.78 is 0. The highest BCUT2D eigenvalue weighted by atomic mass is 16.2. The van der Waals surface area contributed by atoms with Gasteiger partial charge in [0.25, 0.3) is 0 Å². The summed E-state index contributed by atoms with van der Waals surface area (Å²) in [7, 11) is 0. The van der Waals surface area contributed by atoms with E-state index in [1.807, 2.05) is 49.4 Å². The molecule has 2 aromatic carbocycles.